The van der Waals surface area contributed by atoms with Crippen LogP contribution in [0.1, 0.15) is 97.2 Å². The van der Waals surface area contributed by atoms with Crippen molar-refractivity contribution in [2.45, 2.75) is 121 Å². The fourth-order valence-electron chi connectivity index (χ4n) is 8.31. The van der Waals surface area contributed by atoms with Crippen molar-refractivity contribution in [3.63, 3.8) is 0 Å². The monoisotopic (exact) mass is 1010 g/mol. The topological polar surface area (TPSA) is 151 Å². The molecule has 1 saturated heterocycles. The minimum absolute atomic E-state index is 0.0219. The Morgan fingerprint density at radius 1 is 0.871 bits per heavy atom. The number of carbonyl (C=O) groups excluding carboxylic acids is 1. The minimum Gasteiger partial charge on any atom is -0.497 e. The number of fused-ring (bicyclic) bond motifs is 1. The van der Waals surface area contributed by atoms with Crippen molar-refractivity contribution < 1.29 is 32.8 Å². The Balaban J connectivity index is 1.29. The molecular weight excluding hydrogens is 944 g/mol. The van der Waals surface area contributed by atoms with Crippen LogP contribution in [0.3, 0.4) is 0 Å². The zero-order chi connectivity index (χ0) is 50.2. The number of amides is 1. The molecule has 4 atom stereocenters. The lowest BCUT2D eigenvalue weighted by molar-refractivity contribution is -0.118. The molecule has 4 unspecified atom stereocenters. The van der Waals surface area contributed by atoms with Crippen molar-refractivity contribution in [2.75, 3.05) is 32.8 Å². The number of imidazole rings is 1. The number of ether oxygens (including phenoxy) is 4. The summed E-state index contributed by atoms with van der Waals surface area (Å²) in [7, 11) is 5.26. The maximum atomic E-state index is 13.4. The highest BCUT2D eigenvalue weighted by Crippen LogP contribution is 2.51. The Kier molecular flexibility index (Phi) is 17.9. The molecule has 0 radical (unpaired) electrons. The highest BCUT2D eigenvalue weighted by atomic mass is 33.1. The number of hydrogen-bond acceptors (Lipinski definition) is 13. The van der Waals surface area contributed by atoms with Gasteiger partial charge in [0.1, 0.15) is 29.4 Å². The number of rotatable bonds is 22. The Morgan fingerprint density at radius 3 is 2.06 bits per heavy atom. The molecule has 2 N–H and O–H groups in total. The number of carbonyl (C=O) groups is 1. The zero-order valence-corrected chi connectivity index (χ0v) is 44.5. The van der Waals surface area contributed by atoms with E-state index < -0.39 is 38.1 Å². The predicted molar refractivity (Wildman–Crippen MR) is 282 cm³/mol. The number of nitrogens with zero attached hydrogens (tertiary/aromatic N) is 4. The van der Waals surface area contributed by atoms with Crippen LogP contribution in [0.4, 0.5) is 5.95 Å². The van der Waals surface area contributed by atoms with Crippen LogP contribution in [0.25, 0.3) is 11.2 Å². The van der Waals surface area contributed by atoms with Gasteiger partial charge in [-0.25, -0.2) is 9.65 Å². The van der Waals surface area contributed by atoms with Gasteiger partial charge in [-0.05, 0) is 86.7 Å². The van der Waals surface area contributed by atoms with E-state index in [0.29, 0.717) is 30.9 Å². The summed E-state index contributed by atoms with van der Waals surface area (Å²) in [6.07, 6.45) is 0.618. The largest absolute Gasteiger partial charge is 0.497 e. The molecule has 1 aliphatic rings. The molecule has 3 heterocycles. The molecule has 0 spiro atoms. The van der Waals surface area contributed by atoms with Gasteiger partial charge < -0.3 is 28.0 Å². The van der Waals surface area contributed by atoms with Crippen molar-refractivity contribution in [3.8, 4) is 11.5 Å². The van der Waals surface area contributed by atoms with Gasteiger partial charge in [0.15, 0.2) is 11.2 Å². The van der Waals surface area contributed by atoms with E-state index in [1.807, 2.05) is 77.5 Å². The Labute approximate surface area is 421 Å². The Morgan fingerprint density at radius 2 is 1.47 bits per heavy atom. The van der Waals surface area contributed by atoms with Gasteiger partial charge in [0.25, 0.3) is 14.1 Å². The van der Waals surface area contributed by atoms with E-state index >= 15 is 0 Å². The molecule has 17 heteroatoms. The highest BCUT2D eigenvalue weighted by molar-refractivity contribution is 8.77. The van der Waals surface area contributed by atoms with Gasteiger partial charge in [-0.15, -0.1) is 0 Å². The highest BCUT2D eigenvalue weighted by Gasteiger charge is 2.45. The second-order valence-electron chi connectivity index (χ2n) is 19.0. The third-order valence-electron chi connectivity index (χ3n) is 11.7. The van der Waals surface area contributed by atoms with Crippen LogP contribution in [0.5, 0.6) is 11.5 Å². The standard InChI is InChI=1S/C53H67N6O8PS2/c1-34(2)49(60)56-51-55-48-47(50(61)57-51)54-33-58(48)46-31-43(67-68(59(35(3)4)36(5)6)65-30-29-37-17-15-16-20-45(37)69-70-52(7,8)9)44(66-46)32-64-53(38-18-13-12-14-19-38,39-21-25-41(62-10)26-22-39)40-23-27-42(63-11)28-24-40/h12-28,33-36,43-44,46H,29-32H2,1-11H3,(H2,55,56,57,60,61). The third kappa shape index (κ3) is 12.6. The summed E-state index contributed by atoms with van der Waals surface area (Å²) in [4.78, 5) is 39.2. The molecule has 14 nitrogen and oxygen atoms in total. The van der Waals surface area contributed by atoms with Crippen LogP contribution in [0.15, 0.2) is 119 Å². The Bertz CT molecular complexity index is 2640. The van der Waals surface area contributed by atoms with E-state index in [1.54, 1.807) is 49.8 Å². The number of anilines is 1. The van der Waals surface area contributed by atoms with Crippen molar-refractivity contribution in [1.29, 1.82) is 0 Å². The van der Waals surface area contributed by atoms with Gasteiger partial charge in [0.05, 0.1) is 39.9 Å². The maximum absolute atomic E-state index is 13.4. The van der Waals surface area contributed by atoms with Crippen molar-refractivity contribution in [3.05, 3.63) is 142 Å². The summed E-state index contributed by atoms with van der Waals surface area (Å²) in [5.74, 6) is 0.819. The molecule has 6 aromatic rings. The summed E-state index contributed by atoms with van der Waals surface area (Å²) in [6.45, 7) is 19.3. The summed E-state index contributed by atoms with van der Waals surface area (Å²) in [5, 5.41) is 2.74. The zero-order valence-electron chi connectivity index (χ0n) is 42.0. The third-order valence-corrected chi connectivity index (χ3v) is 17.3. The Hall–Kier alpha value is -4.77. The number of H-pyrrole nitrogens is 1. The van der Waals surface area contributed by atoms with E-state index in [2.05, 4.69) is 105 Å². The minimum atomic E-state index is -1.68. The second kappa shape index (κ2) is 23.6. The summed E-state index contributed by atoms with van der Waals surface area (Å²) >= 11 is 0. The van der Waals surface area contributed by atoms with Gasteiger partial charge in [0.2, 0.25) is 11.9 Å². The number of nitrogens with one attached hydrogen (secondary N) is 2. The first-order valence-electron chi connectivity index (χ1n) is 23.7. The molecule has 2 aromatic heterocycles. The van der Waals surface area contributed by atoms with Gasteiger partial charge in [-0.3, -0.25) is 24.5 Å². The smallest absolute Gasteiger partial charge is 0.280 e. The molecule has 70 heavy (non-hydrogen) atoms. The van der Waals surface area contributed by atoms with Crippen LogP contribution in [0, 0.1) is 5.92 Å². The number of methoxy groups -OCH3 is 2. The first-order valence-corrected chi connectivity index (χ1v) is 27.0. The first-order chi connectivity index (χ1) is 33.5. The number of benzene rings is 4. The average Bonchev–Trinajstić information content (AvgIpc) is 3.95. The number of hydrogen-bond donors (Lipinski definition) is 2. The molecule has 4 aromatic carbocycles. The first kappa shape index (κ1) is 53.0. The number of aromatic nitrogens is 4. The van der Waals surface area contributed by atoms with Crippen LogP contribution in [-0.2, 0) is 35.3 Å². The van der Waals surface area contributed by atoms with E-state index in [0.717, 1.165) is 16.7 Å². The van der Waals surface area contributed by atoms with Crippen LogP contribution < -0.4 is 20.3 Å². The van der Waals surface area contributed by atoms with E-state index in [4.69, 9.17) is 33.0 Å². The molecule has 0 bridgehead atoms. The molecule has 1 fully saturated rings. The molecular formula is C53H67N6O8PS2. The van der Waals surface area contributed by atoms with Gasteiger partial charge in [0, 0.05) is 34.1 Å². The van der Waals surface area contributed by atoms with E-state index in [1.165, 1.54) is 10.5 Å². The van der Waals surface area contributed by atoms with Gasteiger partial charge >= 0.3 is 0 Å². The van der Waals surface area contributed by atoms with Crippen molar-refractivity contribution in [1.82, 2.24) is 24.2 Å². The average molecular weight is 1010 g/mol. The van der Waals surface area contributed by atoms with Gasteiger partial charge in [-0.2, -0.15) is 4.98 Å². The van der Waals surface area contributed by atoms with Gasteiger partial charge in [-0.1, -0.05) is 129 Å². The fourth-order valence-corrected chi connectivity index (χ4v) is 12.3. The lowest BCUT2D eigenvalue weighted by Gasteiger charge is -2.39. The van der Waals surface area contributed by atoms with Crippen LogP contribution in [0.2, 0.25) is 0 Å². The normalized spacial score (nSPS) is 17.0. The summed E-state index contributed by atoms with van der Waals surface area (Å²) in [6, 6.07) is 34.6. The van der Waals surface area contributed by atoms with E-state index in [9.17, 15) is 9.59 Å². The SMILES string of the molecule is COc1ccc(C(OCC2OC(n3cnc4c(=O)[nH]c(NC(=O)C(C)C)nc43)CC2OP(OCCc2ccccc2SSC(C)(C)C)N(C(C)C)C(C)C)(c2ccccc2)c2ccc(OC)cc2)cc1. The molecule has 0 aliphatic carbocycles. The van der Waals surface area contributed by atoms with E-state index in [-0.39, 0.29) is 52.4 Å². The molecule has 0 saturated carbocycles. The summed E-state index contributed by atoms with van der Waals surface area (Å²) in [5.41, 5.74) is 2.58. The van der Waals surface area contributed by atoms with Crippen LogP contribution >= 0.6 is 30.1 Å². The van der Waals surface area contributed by atoms with Crippen molar-refractivity contribution >= 4 is 53.1 Å². The molecule has 1 amide bonds. The maximum Gasteiger partial charge on any atom is 0.280 e. The fraction of sp³-hybridized carbons (Fsp3) is 0.434. The lowest BCUT2D eigenvalue weighted by atomic mass is 9.80. The lowest BCUT2D eigenvalue weighted by Crippen LogP contribution is -2.39. The molecule has 374 valence electrons. The quantitative estimate of drug-likeness (QED) is 0.0377. The molecule has 7 rings (SSSR count). The predicted octanol–water partition coefficient (Wildman–Crippen LogP) is 11.6. The second-order valence-corrected chi connectivity index (χ2v) is 23.4. The van der Waals surface area contributed by atoms with Crippen LogP contribution in [-0.4, -0.2) is 86.6 Å². The van der Waals surface area contributed by atoms with Crippen molar-refractivity contribution in [2.24, 2.45) is 5.92 Å². The molecule has 1 aliphatic heterocycles. The number of aromatic amines is 1. The summed E-state index contributed by atoms with van der Waals surface area (Å²) < 4.78 is 44.1.